The van der Waals surface area contributed by atoms with E-state index in [-0.39, 0.29) is 35.6 Å². The Labute approximate surface area is 184 Å². The number of nitrogens with one attached hydrogen (secondary N) is 1. The molecular weight excluding hydrogens is 423 g/mol. The quantitative estimate of drug-likeness (QED) is 0.385. The number of hydrogen-bond acceptors (Lipinski definition) is 5. The molecule has 1 aromatic carbocycles. The van der Waals surface area contributed by atoms with E-state index in [1.165, 1.54) is 11.0 Å². The minimum atomic E-state index is -3.34. The summed E-state index contributed by atoms with van der Waals surface area (Å²) in [5.74, 6) is -0.403. The monoisotopic (exact) mass is 456 g/mol. The number of hydrogen-bond donors (Lipinski definition) is 1. The molecule has 3 amide bonds. The topological polar surface area (TPSA) is 92.8 Å². The van der Waals surface area contributed by atoms with E-state index in [0.717, 1.165) is 0 Å². The van der Waals surface area contributed by atoms with Crippen LogP contribution in [-0.4, -0.2) is 56.5 Å². The fourth-order valence-corrected chi connectivity index (χ4v) is 5.52. The van der Waals surface area contributed by atoms with Gasteiger partial charge in [-0.15, -0.1) is 0 Å². The number of halogens is 1. The third kappa shape index (κ3) is 7.79. The molecular formula is C22H33FN2O5S. The second kappa shape index (κ2) is 10.4. The van der Waals surface area contributed by atoms with Crippen molar-refractivity contribution in [2.45, 2.75) is 52.4 Å². The molecule has 0 atom stereocenters. The molecule has 1 aromatic rings. The lowest BCUT2D eigenvalue weighted by Gasteiger charge is -2.26. The molecule has 9 heteroatoms. The summed E-state index contributed by atoms with van der Waals surface area (Å²) in [5.41, 5.74) is 0.0113. The van der Waals surface area contributed by atoms with Crippen molar-refractivity contribution < 1.29 is 27.1 Å². The van der Waals surface area contributed by atoms with Crippen molar-refractivity contribution in [3.05, 3.63) is 29.6 Å². The van der Waals surface area contributed by atoms with Crippen molar-refractivity contribution in [3.63, 3.8) is 0 Å². The van der Waals surface area contributed by atoms with Gasteiger partial charge in [0, 0.05) is 12.0 Å². The average molecular weight is 457 g/mol. The zero-order chi connectivity index (χ0) is 23.2. The van der Waals surface area contributed by atoms with Crippen LogP contribution in [0.3, 0.4) is 0 Å². The molecule has 1 aliphatic heterocycles. The lowest BCUT2D eigenvalue weighted by atomic mass is 9.86. The Morgan fingerprint density at radius 2 is 1.90 bits per heavy atom. The van der Waals surface area contributed by atoms with Crippen LogP contribution in [-0.2, 0) is 20.0 Å². The van der Waals surface area contributed by atoms with Crippen LogP contribution in [0.4, 0.5) is 9.18 Å². The number of ether oxygens (including phenoxy) is 1. The smallest absolute Gasteiger partial charge is 0.324 e. The zero-order valence-corrected chi connectivity index (χ0v) is 19.6. The van der Waals surface area contributed by atoms with Crippen LogP contribution in [0.5, 0.6) is 5.75 Å². The first-order chi connectivity index (χ1) is 14.4. The van der Waals surface area contributed by atoms with Crippen LogP contribution in [0.25, 0.3) is 0 Å². The molecule has 0 radical (unpaired) electrons. The van der Waals surface area contributed by atoms with Gasteiger partial charge >= 0.3 is 6.03 Å². The summed E-state index contributed by atoms with van der Waals surface area (Å²) in [7, 11) is -3.34. The fraction of sp³-hybridized carbons (Fsp3) is 0.636. The molecule has 1 aliphatic rings. The lowest BCUT2D eigenvalue weighted by Crippen LogP contribution is -2.30. The maximum atomic E-state index is 14.1. The summed E-state index contributed by atoms with van der Waals surface area (Å²) in [6.45, 7) is 8.46. The molecule has 0 unspecified atom stereocenters. The number of imide groups is 1. The summed E-state index contributed by atoms with van der Waals surface area (Å²) in [4.78, 5) is 24.1. The van der Waals surface area contributed by atoms with Crippen molar-refractivity contribution >= 4 is 21.8 Å². The van der Waals surface area contributed by atoms with Crippen molar-refractivity contribution in [1.29, 1.82) is 0 Å². The summed E-state index contributed by atoms with van der Waals surface area (Å²) in [5, 5.41) is 2.21. The molecule has 0 aromatic heterocycles. The fourth-order valence-electron chi connectivity index (χ4n) is 3.46. The van der Waals surface area contributed by atoms with Gasteiger partial charge in [0.15, 0.2) is 21.4 Å². The third-order valence-electron chi connectivity index (χ3n) is 5.12. The predicted octanol–water partition coefficient (Wildman–Crippen LogP) is 3.28. The molecule has 7 nitrogen and oxygen atoms in total. The summed E-state index contributed by atoms with van der Waals surface area (Å²) in [6.07, 6.45) is 1.75. The van der Waals surface area contributed by atoms with Crippen molar-refractivity contribution in [2.75, 3.05) is 31.2 Å². The largest absolute Gasteiger partial charge is 0.490 e. The van der Waals surface area contributed by atoms with Crippen molar-refractivity contribution in [1.82, 2.24) is 10.2 Å². The summed E-state index contributed by atoms with van der Waals surface area (Å²) in [6, 6.07) is 4.12. The lowest BCUT2D eigenvalue weighted by molar-refractivity contribution is -0.118. The van der Waals surface area contributed by atoms with Gasteiger partial charge < -0.3 is 9.64 Å². The Morgan fingerprint density at radius 1 is 1.19 bits per heavy atom. The van der Waals surface area contributed by atoms with Crippen LogP contribution in [0.2, 0.25) is 0 Å². The van der Waals surface area contributed by atoms with Gasteiger partial charge in [0.1, 0.15) is 6.54 Å². The van der Waals surface area contributed by atoms with E-state index in [2.05, 4.69) is 5.32 Å². The number of nitrogens with zero attached hydrogens (tertiary/aromatic N) is 1. The Bertz CT molecular complexity index is 899. The minimum absolute atomic E-state index is 0.0411. The van der Waals surface area contributed by atoms with Gasteiger partial charge in [-0.3, -0.25) is 10.1 Å². The molecule has 2 rings (SSSR count). The first-order valence-corrected chi connectivity index (χ1v) is 12.4. The Hall–Kier alpha value is -2.16. The first kappa shape index (κ1) is 25.1. The van der Waals surface area contributed by atoms with E-state index in [0.29, 0.717) is 38.0 Å². The molecule has 1 heterocycles. The van der Waals surface area contributed by atoms with Crippen LogP contribution in [0.1, 0.15) is 52.5 Å². The van der Waals surface area contributed by atoms with E-state index in [1.807, 2.05) is 27.7 Å². The molecule has 1 fully saturated rings. The average Bonchev–Trinajstić information content (AvgIpc) is 2.96. The molecule has 31 heavy (non-hydrogen) atoms. The maximum absolute atomic E-state index is 14.1. The van der Waals surface area contributed by atoms with E-state index >= 15 is 0 Å². The van der Waals surface area contributed by atoms with Crippen molar-refractivity contribution in [3.8, 4) is 5.75 Å². The van der Waals surface area contributed by atoms with Crippen LogP contribution in [0, 0.1) is 11.7 Å². The highest BCUT2D eigenvalue weighted by molar-refractivity contribution is 7.91. The second-order valence-electron chi connectivity index (χ2n) is 9.16. The molecule has 0 spiro atoms. The SMILES string of the molecule is CC(C)COc1cc(C(C)(C)CS(=O)(=O)CCCCCN2CC(=O)NC2=O)ccc1F. The Morgan fingerprint density at radius 3 is 2.52 bits per heavy atom. The summed E-state index contributed by atoms with van der Waals surface area (Å²) < 4.78 is 44.9. The first-order valence-electron chi connectivity index (χ1n) is 10.6. The molecule has 1 saturated heterocycles. The number of unbranched alkanes of at least 4 members (excludes halogenated alkanes) is 2. The van der Waals surface area contributed by atoms with Gasteiger partial charge in [-0.25, -0.2) is 17.6 Å². The normalized spacial score (nSPS) is 15.0. The zero-order valence-electron chi connectivity index (χ0n) is 18.7. The van der Waals surface area contributed by atoms with Gasteiger partial charge in [0.05, 0.1) is 18.1 Å². The predicted molar refractivity (Wildman–Crippen MR) is 117 cm³/mol. The van der Waals surface area contributed by atoms with E-state index in [9.17, 15) is 22.4 Å². The standard InChI is InChI=1S/C22H33FN2O5S/c1-16(2)14-30-19-12-17(8-9-18(19)23)22(3,4)15-31(28,29)11-7-5-6-10-25-13-20(26)24-21(25)27/h8-9,12,16H,5-7,10-11,13-15H2,1-4H3,(H,24,26,27). The molecule has 0 bridgehead atoms. The number of amides is 3. The van der Waals surface area contributed by atoms with E-state index in [1.54, 1.807) is 12.1 Å². The number of carbonyl (C=O) groups is 2. The maximum Gasteiger partial charge on any atom is 0.324 e. The number of benzene rings is 1. The summed E-state index contributed by atoms with van der Waals surface area (Å²) >= 11 is 0. The highest BCUT2D eigenvalue weighted by Gasteiger charge is 2.29. The van der Waals surface area contributed by atoms with Crippen LogP contribution in [0.15, 0.2) is 18.2 Å². The highest BCUT2D eigenvalue weighted by atomic mass is 32.2. The van der Waals surface area contributed by atoms with Gasteiger partial charge in [0.25, 0.3) is 0 Å². The van der Waals surface area contributed by atoms with Gasteiger partial charge in [-0.05, 0) is 36.5 Å². The van der Waals surface area contributed by atoms with E-state index < -0.39 is 27.1 Å². The van der Waals surface area contributed by atoms with Gasteiger partial charge in [0.2, 0.25) is 5.91 Å². The minimum Gasteiger partial charge on any atom is -0.490 e. The van der Waals surface area contributed by atoms with Crippen LogP contribution >= 0.6 is 0 Å². The van der Waals surface area contributed by atoms with E-state index in [4.69, 9.17) is 4.74 Å². The molecule has 1 N–H and O–H groups in total. The Balaban J connectivity index is 1.87. The number of sulfone groups is 1. The number of rotatable bonds is 12. The van der Waals surface area contributed by atoms with Gasteiger partial charge in [-0.2, -0.15) is 0 Å². The van der Waals surface area contributed by atoms with Crippen molar-refractivity contribution in [2.24, 2.45) is 5.92 Å². The molecule has 0 aliphatic carbocycles. The van der Waals surface area contributed by atoms with Crippen LogP contribution < -0.4 is 10.1 Å². The highest BCUT2D eigenvalue weighted by Crippen LogP contribution is 2.30. The molecule has 0 saturated carbocycles. The second-order valence-corrected chi connectivity index (χ2v) is 11.3. The van der Waals surface area contributed by atoms with Gasteiger partial charge in [-0.1, -0.05) is 40.2 Å². The molecule has 174 valence electrons. The number of urea groups is 1. The number of carbonyl (C=O) groups excluding carboxylic acids is 2. The third-order valence-corrected chi connectivity index (χ3v) is 7.19. The Kier molecular flexibility index (Phi) is 8.45.